The van der Waals surface area contributed by atoms with Crippen molar-refractivity contribution in [3.05, 3.63) is 57.8 Å². The zero-order chi connectivity index (χ0) is 12.7. The van der Waals surface area contributed by atoms with Crippen LogP contribution in [0.1, 0.15) is 22.7 Å². The number of nitrogens with zero attached hydrogens (tertiary/aromatic N) is 2. The monoisotopic (exact) mass is 304 g/mol. The molecule has 1 aromatic heterocycles. The van der Waals surface area contributed by atoms with E-state index in [2.05, 4.69) is 76.0 Å². The SMILES string of the molecule is CN1Cc2c(ccn2C)C(c2ccc(Br)cc2)C1. The lowest BCUT2D eigenvalue weighted by Crippen LogP contribution is -2.31. The van der Waals surface area contributed by atoms with Gasteiger partial charge in [-0.1, -0.05) is 28.1 Å². The molecule has 0 saturated carbocycles. The Labute approximate surface area is 116 Å². The Morgan fingerprint density at radius 2 is 1.83 bits per heavy atom. The summed E-state index contributed by atoms with van der Waals surface area (Å²) in [5.74, 6) is 0.494. The van der Waals surface area contributed by atoms with Crippen molar-refractivity contribution in [2.24, 2.45) is 7.05 Å². The van der Waals surface area contributed by atoms with E-state index < -0.39 is 0 Å². The smallest absolute Gasteiger partial charge is 0.0387 e. The van der Waals surface area contributed by atoms with Crippen LogP contribution in [-0.2, 0) is 13.6 Å². The van der Waals surface area contributed by atoms with Crippen LogP contribution in [0, 0.1) is 0 Å². The third-order valence-electron chi connectivity index (χ3n) is 3.80. The minimum atomic E-state index is 0.494. The Kier molecular flexibility index (Phi) is 3.04. The predicted molar refractivity (Wildman–Crippen MR) is 77.7 cm³/mol. The van der Waals surface area contributed by atoms with Gasteiger partial charge in [-0.3, -0.25) is 4.90 Å². The van der Waals surface area contributed by atoms with Gasteiger partial charge in [-0.2, -0.15) is 0 Å². The molecule has 1 aliphatic rings. The molecule has 0 saturated heterocycles. The molecule has 18 heavy (non-hydrogen) atoms. The molecule has 0 N–H and O–H groups in total. The third-order valence-corrected chi connectivity index (χ3v) is 4.33. The Balaban J connectivity index is 2.04. The molecule has 0 fully saturated rings. The van der Waals surface area contributed by atoms with E-state index in [-0.39, 0.29) is 0 Å². The number of aromatic nitrogens is 1. The molecule has 0 aliphatic carbocycles. The highest BCUT2D eigenvalue weighted by molar-refractivity contribution is 9.10. The van der Waals surface area contributed by atoms with Crippen LogP contribution in [0.5, 0.6) is 0 Å². The van der Waals surface area contributed by atoms with Gasteiger partial charge in [-0.15, -0.1) is 0 Å². The lowest BCUT2D eigenvalue weighted by atomic mass is 9.88. The van der Waals surface area contributed by atoms with Crippen molar-refractivity contribution in [1.29, 1.82) is 0 Å². The standard InChI is InChI=1S/C15H17BrN2/c1-17-9-14(11-3-5-12(16)6-4-11)13-7-8-18(2)15(13)10-17/h3-8,14H,9-10H2,1-2H3. The molecule has 1 aliphatic heterocycles. The van der Waals surface area contributed by atoms with Gasteiger partial charge in [-0.05, 0) is 36.4 Å². The fraction of sp³-hybridized carbons (Fsp3) is 0.333. The molecule has 3 heteroatoms. The quantitative estimate of drug-likeness (QED) is 0.784. The summed E-state index contributed by atoms with van der Waals surface area (Å²) in [4.78, 5) is 2.40. The number of fused-ring (bicyclic) bond motifs is 1. The van der Waals surface area contributed by atoms with Crippen LogP contribution in [0.15, 0.2) is 41.0 Å². The lowest BCUT2D eigenvalue weighted by Gasteiger charge is -2.31. The molecule has 3 rings (SSSR count). The molecule has 2 nitrogen and oxygen atoms in total. The lowest BCUT2D eigenvalue weighted by molar-refractivity contribution is 0.287. The summed E-state index contributed by atoms with van der Waals surface area (Å²) < 4.78 is 3.39. The van der Waals surface area contributed by atoms with Crippen molar-refractivity contribution < 1.29 is 0 Å². The van der Waals surface area contributed by atoms with E-state index in [9.17, 15) is 0 Å². The van der Waals surface area contributed by atoms with Gasteiger partial charge in [-0.25, -0.2) is 0 Å². The van der Waals surface area contributed by atoms with Crippen LogP contribution in [0.3, 0.4) is 0 Å². The van der Waals surface area contributed by atoms with Crippen LogP contribution in [-0.4, -0.2) is 23.1 Å². The van der Waals surface area contributed by atoms with Gasteiger partial charge in [0.1, 0.15) is 0 Å². The molecule has 1 atom stereocenters. The van der Waals surface area contributed by atoms with Crippen molar-refractivity contribution in [2.45, 2.75) is 12.5 Å². The first-order valence-electron chi connectivity index (χ1n) is 6.23. The Hall–Kier alpha value is -1.06. The van der Waals surface area contributed by atoms with Crippen LogP contribution >= 0.6 is 15.9 Å². The number of benzene rings is 1. The first-order valence-corrected chi connectivity index (χ1v) is 7.02. The van der Waals surface area contributed by atoms with Crippen molar-refractivity contribution >= 4 is 15.9 Å². The van der Waals surface area contributed by atoms with Crippen molar-refractivity contribution in [1.82, 2.24) is 9.47 Å². The minimum absolute atomic E-state index is 0.494. The zero-order valence-corrected chi connectivity index (χ0v) is 12.3. The van der Waals surface area contributed by atoms with Gasteiger partial charge in [0.05, 0.1) is 0 Å². The molecule has 1 unspecified atom stereocenters. The van der Waals surface area contributed by atoms with Crippen LogP contribution in [0.25, 0.3) is 0 Å². The fourth-order valence-electron chi connectivity index (χ4n) is 2.81. The molecule has 0 radical (unpaired) electrons. The molecule has 0 spiro atoms. The van der Waals surface area contributed by atoms with Crippen LogP contribution in [0.4, 0.5) is 0 Å². The molecule has 1 aromatic carbocycles. The second-order valence-electron chi connectivity index (χ2n) is 5.13. The maximum Gasteiger partial charge on any atom is 0.0387 e. The Morgan fingerprint density at radius 3 is 2.56 bits per heavy atom. The largest absolute Gasteiger partial charge is 0.353 e. The van der Waals surface area contributed by atoms with Crippen molar-refractivity contribution in [3.63, 3.8) is 0 Å². The van der Waals surface area contributed by atoms with Crippen LogP contribution < -0.4 is 0 Å². The topological polar surface area (TPSA) is 8.17 Å². The maximum atomic E-state index is 3.50. The van der Waals surface area contributed by atoms with Gasteiger partial charge >= 0.3 is 0 Å². The molecule has 0 bridgehead atoms. The summed E-state index contributed by atoms with van der Waals surface area (Å²) in [6, 6.07) is 11.0. The van der Waals surface area contributed by atoms with Gasteiger partial charge in [0.2, 0.25) is 0 Å². The normalized spacial score (nSPS) is 19.8. The third kappa shape index (κ3) is 2.02. The summed E-state index contributed by atoms with van der Waals surface area (Å²) in [6.45, 7) is 2.14. The average Bonchev–Trinajstić information content (AvgIpc) is 2.71. The molecule has 94 valence electrons. The number of aryl methyl sites for hydroxylation is 1. The van der Waals surface area contributed by atoms with E-state index in [1.165, 1.54) is 16.8 Å². The molecule has 2 aromatic rings. The van der Waals surface area contributed by atoms with E-state index in [0.29, 0.717) is 5.92 Å². The van der Waals surface area contributed by atoms with Gasteiger partial charge in [0.15, 0.2) is 0 Å². The highest BCUT2D eigenvalue weighted by Crippen LogP contribution is 2.33. The van der Waals surface area contributed by atoms with Crippen LogP contribution in [0.2, 0.25) is 0 Å². The van der Waals surface area contributed by atoms with Gasteiger partial charge in [0, 0.05) is 42.4 Å². The molecule has 0 amide bonds. The van der Waals surface area contributed by atoms with Gasteiger partial charge in [0.25, 0.3) is 0 Å². The minimum Gasteiger partial charge on any atom is -0.353 e. The van der Waals surface area contributed by atoms with E-state index in [1.807, 2.05) is 0 Å². The summed E-state index contributed by atoms with van der Waals surface area (Å²) in [7, 11) is 4.33. The second-order valence-corrected chi connectivity index (χ2v) is 6.05. The first kappa shape index (κ1) is 12.0. The second kappa shape index (κ2) is 4.56. The summed E-state index contributed by atoms with van der Waals surface area (Å²) >= 11 is 3.50. The zero-order valence-electron chi connectivity index (χ0n) is 10.7. The van der Waals surface area contributed by atoms with Gasteiger partial charge < -0.3 is 4.57 Å². The number of halogens is 1. The van der Waals surface area contributed by atoms with E-state index >= 15 is 0 Å². The van der Waals surface area contributed by atoms with E-state index in [1.54, 1.807) is 0 Å². The highest BCUT2D eigenvalue weighted by atomic mass is 79.9. The number of likely N-dealkylation sites (N-methyl/N-ethyl adjacent to an activating group) is 1. The summed E-state index contributed by atoms with van der Waals surface area (Å²) in [5, 5.41) is 0. The summed E-state index contributed by atoms with van der Waals surface area (Å²) in [6.07, 6.45) is 2.18. The van der Waals surface area contributed by atoms with E-state index in [4.69, 9.17) is 0 Å². The first-order chi connectivity index (χ1) is 8.65. The predicted octanol–water partition coefficient (Wildman–Crippen LogP) is 3.36. The molecular formula is C15H17BrN2. The molecule has 2 heterocycles. The number of hydrogen-bond donors (Lipinski definition) is 0. The number of rotatable bonds is 1. The van der Waals surface area contributed by atoms with Crippen molar-refractivity contribution in [2.75, 3.05) is 13.6 Å². The fourth-order valence-corrected chi connectivity index (χ4v) is 3.08. The highest BCUT2D eigenvalue weighted by Gasteiger charge is 2.26. The van der Waals surface area contributed by atoms with Crippen molar-refractivity contribution in [3.8, 4) is 0 Å². The number of hydrogen-bond acceptors (Lipinski definition) is 1. The van der Waals surface area contributed by atoms with E-state index in [0.717, 1.165) is 17.6 Å². The Morgan fingerprint density at radius 1 is 1.11 bits per heavy atom. The summed E-state index contributed by atoms with van der Waals surface area (Å²) in [5.41, 5.74) is 4.33. The average molecular weight is 305 g/mol. The Bertz CT molecular complexity index is 556. The molecular weight excluding hydrogens is 288 g/mol. The maximum absolute atomic E-state index is 3.50.